The molecule has 2 aromatic heterocycles. The Hall–Kier alpha value is -3.09. The van der Waals surface area contributed by atoms with Crippen molar-refractivity contribution in [1.82, 2.24) is 14.9 Å². The predicted molar refractivity (Wildman–Crippen MR) is 88.3 cm³/mol. The highest BCUT2D eigenvalue weighted by atomic mass is 16.5. The van der Waals surface area contributed by atoms with Gasteiger partial charge in [0.2, 0.25) is 0 Å². The Morgan fingerprint density at radius 2 is 2.21 bits per heavy atom. The average Bonchev–Trinajstić information content (AvgIpc) is 3.01. The van der Waals surface area contributed by atoms with Gasteiger partial charge in [0.05, 0.1) is 13.4 Å². The molecule has 7 heteroatoms. The molecule has 2 heterocycles. The molecule has 1 amide bonds. The molecule has 0 saturated carbocycles. The number of para-hydroxylation sites is 1. The maximum Gasteiger partial charge on any atom is 0.287 e. The third kappa shape index (κ3) is 3.15. The second-order valence-electron chi connectivity index (χ2n) is 5.31. The summed E-state index contributed by atoms with van der Waals surface area (Å²) in [5, 5.41) is 3.52. The first-order chi connectivity index (χ1) is 11.6. The van der Waals surface area contributed by atoms with Crippen molar-refractivity contribution < 1.29 is 13.9 Å². The molecule has 1 N–H and O–H groups in total. The van der Waals surface area contributed by atoms with Crippen molar-refractivity contribution >= 4 is 16.9 Å². The number of nitrogens with zero attached hydrogens (tertiary/aromatic N) is 2. The largest absolute Gasteiger partial charge is 0.493 e. The number of hydrogen-bond donors (Lipinski definition) is 1. The number of benzene rings is 1. The second-order valence-corrected chi connectivity index (χ2v) is 5.31. The number of nitrogens with one attached hydrogen (secondary N) is 1. The normalized spacial score (nSPS) is 10.8. The van der Waals surface area contributed by atoms with Crippen LogP contribution in [0.5, 0.6) is 5.75 Å². The molecule has 0 aliphatic carbocycles. The van der Waals surface area contributed by atoms with Gasteiger partial charge in [-0.1, -0.05) is 12.1 Å². The molecule has 0 aliphatic rings. The first kappa shape index (κ1) is 15.8. The topological polar surface area (TPSA) is 86.4 Å². The maximum atomic E-state index is 12.2. The SMILES string of the molecule is COc1cccc2cc(C(=O)NCCn3cnc(C)cc3=O)oc12. The number of amides is 1. The van der Waals surface area contributed by atoms with E-state index in [0.29, 0.717) is 23.6 Å². The highest BCUT2D eigenvalue weighted by Gasteiger charge is 2.14. The van der Waals surface area contributed by atoms with Crippen LogP contribution in [0.25, 0.3) is 11.0 Å². The summed E-state index contributed by atoms with van der Waals surface area (Å²) in [5.74, 6) is 0.425. The molecular formula is C17H17N3O4. The molecule has 0 radical (unpaired) electrons. The van der Waals surface area contributed by atoms with Crippen molar-refractivity contribution in [3.05, 3.63) is 58.5 Å². The zero-order valence-electron chi connectivity index (χ0n) is 13.4. The van der Waals surface area contributed by atoms with E-state index in [1.165, 1.54) is 17.0 Å². The summed E-state index contributed by atoms with van der Waals surface area (Å²) in [7, 11) is 1.55. The summed E-state index contributed by atoms with van der Waals surface area (Å²) in [4.78, 5) is 28.0. The number of aryl methyl sites for hydroxylation is 1. The standard InChI is InChI=1S/C17H17N3O4/c1-11-8-15(21)20(10-19-11)7-6-18-17(22)14-9-12-4-3-5-13(23-2)16(12)24-14/h3-5,8-10H,6-7H2,1-2H3,(H,18,22). The number of aromatic nitrogens is 2. The van der Waals surface area contributed by atoms with Crippen LogP contribution >= 0.6 is 0 Å². The molecule has 7 nitrogen and oxygen atoms in total. The molecule has 0 aliphatic heterocycles. The average molecular weight is 327 g/mol. The Morgan fingerprint density at radius 1 is 1.38 bits per heavy atom. The summed E-state index contributed by atoms with van der Waals surface area (Å²) in [6, 6.07) is 8.55. The fraction of sp³-hybridized carbons (Fsp3) is 0.235. The molecule has 3 rings (SSSR count). The fourth-order valence-electron chi connectivity index (χ4n) is 2.37. The van der Waals surface area contributed by atoms with Gasteiger partial charge >= 0.3 is 0 Å². The maximum absolute atomic E-state index is 12.2. The third-order valence-corrected chi connectivity index (χ3v) is 3.61. The molecule has 1 aromatic carbocycles. The molecule has 0 fully saturated rings. The minimum absolute atomic E-state index is 0.148. The fourth-order valence-corrected chi connectivity index (χ4v) is 2.37. The number of fused-ring (bicyclic) bond motifs is 1. The number of hydrogen-bond acceptors (Lipinski definition) is 5. The van der Waals surface area contributed by atoms with Crippen LogP contribution in [-0.4, -0.2) is 29.1 Å². The highest BCUT2D eigenvalue weighted by Crippen LogP contribution is 2.28. The van der Waals surface area contributed by atoms with E-state index in [2.05, 4.69) is 10.3 Å². The highest BCUT2D eigenvalue weighted by molar-refractivity contribution is 5.97. The first-order valence-corrected chi connectivity index (χ1v) is 7.46. The van der Waals surface area contributed by atoms with Gasteiger partial charge in [-0.15, -0.1) is 0 Å². The molecule has 0 saturated heterocycles. The van der Waals surface area contributed by atoms with E-state index in [4.69, 9.17) is 9.15 Å². The summed E-state index contributed by atoms with van der Waals surface area (Å²) in [6.45, 7) is 2.38. The van der Waals surface area contributed by atoms with Crippen LogP contribution in [0.4, 0.5) is 0 Å². The molecule has 3 aromatic rings. The molecular weight excluding hydrogens is 310 g/mol. The lowest BCUT2D eigenvalue weighted by atomic mass is 10.2. The van der Waals surface area contributed by atoms with Gasteiger partial charge in [0, 0.05) is 30.2 Å². The summed E-state index contributed by atoms with van der Waals surface area (Å²) in [6.07, 6.45) is 1.47. The smallest absolute Gasteiger partial charge is 0.287 e. The van der Waals surface area contributed by atoms with Crippen molar-refractivity contribution in [2.75, 3.05) is 13.7 Å². The van der Waals surface area contributed by atoms with Crippen molar-refractivity contribution in [2.24, 2.45) is 0 Å². The Balaban J connectivity index is 1.68. The van der Waals surface area contributed by atoms with E-state index in [1.807, 2.05) is 12.1 Å². The van der Waals surface area contributed by atoms with Crippen LogP contribution < -0.4 is 15.6 Å². The lowest BCUT2D eigenvalue weighted by Crippen LogP contribution is -2.30. The van der Waals surface area contributed by atoms with Crippen LogP contribution in [-0.2, 0) is 6.54 Å². The molecule has 0 unspecified atom stereocenters. The minimum atomic E-state index is -0.346. The number of ether oxygens (including phenoxy) is 1. The molecule has 0 spiro atoms. The molecule has 24 heavy (non-hydrogen) atoms. The van der Waals surface area contributed by atoms with E-state index in [-0.39, 0.29) is 23.8 Å². The quantitative estimate of drug-likeness (QED) is 0.771. The molecule has 0 bridgehead atoms. The number of rotatable bonds is 5. The van der Waals surface area contributed by atoms with Crippen molar-refractivity contribution in [1.29, 1.82) is 0 Å². The van der Waals surface area contributed by atoms with Crippen molar-refractivity contribution in [3.63, 3.8) is 0 Å². The van der Waals surface area contributed by atoms with Gasteiger partial charge in [0.1, 0.15) is 0 Å². The summed E-state index contributed by atoms with van der Waals surface area (Å²) in [5.41, 5.74) is 1.05. The lowest BCUT2D eigenvalue weighted by Gasteiger charge is -2.06. The van der Waals surface area contributed by atoms with Crippen LogP contribution in [0.2, 0.25) is 0 Å². The van der Waals surface area contributed by atoms with Crippen LogP contribution in [0.1, 0.15) is 16.2 Å². The van der Waals surface area contributed by atoms with Crippen molar-refractivity contribution in [2.45, 2.75) is 13.5 Å². The Labute approximate surface area is 137 Å². The molecule has 124 valence electrons. The van der Waals surface area contributed by atoms with Gasteiger partial charge in [-0.05, 0) is 19.1 Å². The van der Waals surface area contributed by atoms with E-state index in [1.54, 1.807) is 26.2 Å². The van der Waals surface area contributed by atoms with E-state index in [9.17, 15) is 9.59 Å². The minimum Gasteiger partial charge on any atom is -0.493 e. The van der Waals surface area contributed by atoms with Gasteiger partial charge in [-0.25, -0.2) is 4.98 Å². The Kier molecular flexibility index (Phi) is 4.33. The third-order valence-electron chi connectivity index (χ3n) is 3.61. The van der Waals surface area contributed by atoms with Gasteiger partial charge in [-0.3, -0.25) is 14.2 Å². The zero-order chi connectivity index (χ0) is 17.1. The van der Waals surface area contributed by atoms with Crippen LogP contribution in [0.3, 0.4) is 0 Å². The van der Waals surface area contributed by atoms with Crippen LogP contribution in [0, 0.1) is 6.92 Å². The first-order valence-electron chi connectivity index (χ1n) is 7.46. The van der Waals surface area contributed by atoms with Gasteiger partial charge < -0.3 is 14.5 Å². The molecule has 0 atom stereocenters. The van der Waals surface area contributed by atoms with Crippen LogP contribution in [0.15, 0.2) is 45.9 Å². The van der Waals surface area contributed by atoms with E-state index >= 15 is 0 Å². The zero-order valence-corrected chi connectivity index (χ0v) is 13.4. The number of methoxy groups -OCH3 is 1. The van der Waals surface area contributed by atoms with E-state index in [0.717, 1.165) is 5.39 Å². The lowest BCUT2D eigenvalue weighted by molar-refractivity contribution is 0.0926. The summed E-state index contributed by atoms with van der Waals surface area (Å²) >= 11 is 0. The second kappa shape index (κ2) is 6.57. The van der Waals surface area contributed by atoms with Gasteiger partial charge in [0.25, 0.3) is 11.5 Å². The Morgan fingerprint density at radius 3 is 2.96 bits per heavy atom. The number of carbonyl (C=O) groups excluding carboxylic acids is 1. The summed E-state index contributed by atoms with van der Waals surface area (Å²) < 4.78 is 12.2. The monoisotopic (exact) mass is 327 g/mol. The predicted octanol–water partition coefficient (Wildman–Crippen LogP) is 1.74. The number of furan rings is 1. The number of carbonyl (C=O) groups is 1. The Bertz CT molecular complexity index is 942. The van der Waals surface area contributed by atoms with Gasteiger partial charge in [0.15, 0.2) is 17.1 Å². The van der Waals surface area contributed by atoms with Gasteiger partial charge in [-0.2, -0.15) is 0 Å². The van der Waals surface area contributed by atoms with E-state index < -0.39 is 0 Å². The van der Waals surface area contributed by atoms with Crippen molar-refractivity contribution in [3.8, 4) is 5.75 Å².